The van der Waals surface area contributed by atoms with Crippen molar-refractivity contribution in [1.82, 2.24) is 0 Å². The summed E-state index contributed by atoms with van der Waals surface area (Å²) in [5.74, 6) is 0.610. The Morgan fingerprint density at radius 2 is 2.00 bits per heavy atom. The van der Waals surface area contributed by atoms with E-state index in [1.54, 1.807) is 14.2 Å². The fourth-order valence-corrected chi connectivity index (χ4v) is 1.84. The molecule has 0 aliphatic heterocycles. The predicted octanol–water partition coefficient (Wildman–Crippen LogP) is 1.22. The van der Waals surface area contributed by atoms with Crippen molar-refractivity contribution in [2.24, 2.45) is 11.8 Å². The van der Waals surface area contributed by atoms with E-state index in [1.807, 2.05) is 0 Å². The maximum absolute atomic E-state index is 11.4. The number of carbonyl (C=O) groups excluding carboxylic acids is 1. The van der Waals surface area contributed by atoms with Gasteiger partial charge in [-0.05, 0) is 12.3 Å². The Balaban J connectivity index is 2.63. The van der Waals surface area contributed by atoms with E-state index in [9.17, 15) is 4.79 Å². The van der Waals surface area contributed by atoms with Gasteiger partial charge in [0, 0.05) is 20.6 Å². The highest BCUT2D eigenvalue weighted by Crippen LogP contribution is 2.31. The number of ether oxygens (including phenoxy) is 2. The van der Waals surface area contributed by atoms with Gasteiger partial charge >= 0.3 is 0 Å². The van der Waals surface area contributed by atoms with Crippen LogP contribution in [0.5, 0.6) is 0 Å². The Kier molecular flexibility index (Phi) is 3.23. The minimum absolute atomic E-state index is 0.0556. The monoisotopic (exact) mass is 172 g/mol. The Morgan fingerprint density at radius 1 is 1.42 bits per heavy atom. The van der Waals surface area contributed by atoms with Crippen LogP contribution < -0.4 is 0 Å². The third kappa shape index (κ3) is 1.67. The fraction of sp³-hybridized carbons (Fsp3) is 0.889. The molecule has 70 valence electrons. The Labute approximate surface area is 73.0 Å². The summed E-state index contributed by atoms with van der Waals surface area (Å²) in [5, 5.41) is 0. The van der Waals surface area contributed by atoms with Crippen LogP contribution in [0.3, 0.4) is 0 Å². The zero-order chi connectivity index (χ0) is 9.14. The van der Waals surface area contributed by atoms with Gasteiger partial charge in [0.25, 0.3) is 0 Å². The van der Waals surface area contributed by atoms with Crippen molar-refractivity contribution in [3.05, 3.63) is 0 Å². The van der Waals surface area contributed by atoms with E-state index in [-0.39, 0.29) is 18.0 Å². The molecule has 0 amide bonds. The van der Waals surface area contributed by atoms with Crippen LogP contribution in [0.15, 0.2) is 0 Å². The molecule has 0 aromatic rings. The Bertz CT molecular complexity index is 163. The summed E-state index contributed by atoms with van der Waals surface area (Å²) < 4.78 is 10.2. The lowest BCUT2D eigenvalue weighted by Gasteiger charge is -2.22. The van der Waals surface area contributed by atoms with Crippen molar-refractivity contribution in [2.45, 2.75) is 26.1 Å². The number of carbonyl (C=O) groups is 1. The van der Waals surface area contributed by atoms with Gasteiger partial charge in [0.05, 0.1) is 5.92 Å². The zero-order valence-corrected chi connectivity index (χ0v) is 7.87. The molecule has 0 radical (unpaired) electrons. The summed E-state index contributed by atoms with van der Waals surface area (Å²) in [6.45, 7) is 2.07. The normalized spacial score (nSPS) is 30.2. The molecule has 2 atom stereocenters. The molecule has 0 aromatic heterocycles. The van der Waals surface area contributed by atoms with E-state index in [2.05, 4.69) is 6.92 Å². The summed E-state index contributed by atoms with van der Waals surface area (Å²) in [5.41, 5.74) is 0. The van der Waals surface area contributed by atoms with Crippen LogP contribution in [0.4, 0.5) is 0 Å². The van der Waals surface area contributed by atoms with Gasteiger partial charge in [-0.2, -0.15) is 0 Å². The highest BCUT2D eigenvalue weighted by molar-refractivity contribution is 5.83. The van der Waals surface area contributed by atoms with Crippen molar-refractivity contribution in [3.8, 4) is 0 Å². The molecular formula is C9H16O3. The first kappa shape index (κ1) is 9.68. The topological polar surface area (TPSA) is 35.5 Å². The Hall–Kier alpha value is -0.410. The number of hydrogen-bond donors (Lipinski definition) is 0. The minimum Gasteiger partial charge on any atom is -0.355 e. The molecule has 0 N–H and O–H groups in total. The van der Waals surface area contributed by atoms with Gasteiger partial charge in [-0.3, -0.25) is 4.79 Å². The van der Waals surface area contributed by atoms with Gasteiger partial charge in [-0.15, -0.1) is 0 Å². The van der Waals surface area contributed by atoms with E-state index in [1.165, 1.54) is 0 Å². The number of rotatable bonds is 3. The van der Waals surface area contributed by atoms with Gasteiger partial charge in [0.1, 0.15) is 5.78 Å². The quantitative estimate of drug-likeness (QED) is 0.600. The standard InChI is InChI=1S/C9H16O3/c1-6-4-5-7(10)8(6)9(11-2)12-3/h6,8-9H,4-5H2,1-3H3. The molecule has 12 heavy (non-hydrogen) atoms. The summed E-state index contributed by atoms with van der Waals surface area (Å²) in [6.07, 6.45) is 1.29. The Morgan fingerprint density at radius 3 is 2.33 bits per heavy atom. The molecule has 1 rings (SSSR count). The number of methoxy groups -OCH3 is 2. The molecule has 1 aliphatic carbocycles. The lowest BCUT2D eigenvalue weighted by Crippen LogP contribution is -2.31. The highest BCUT2D eigenvalue weighted by atomic mass is 16.7. The largest absolute Gasteiger partial charge is 0.355 e. The lowest BCUT2D eigenvalue weighted by molar-refractivity contribution is -0.157. The van der Waals surface area contributed by atoms with E-state index >= 15 is 0 Å². The molecule has 1 saturated carbocycles. The maximum Gasteiger partial charge on any atom is 0.166 e. The van der Waals surface area contributed by atoms with Crippen molar-refractivity contribution < 1.29 is 14.3 Å². The van der Waals surface area contributed by atoms with E-state index in [4.69, 9.17) is 9.47 Å². The first-order valence-corrected chi connectivity index (χ1v) is 4.29. The average Bonchev–Trinajstić information content (AvgIpc) is 2.38. The smallest absolute Gasteiger partial charge is 0.166 e. The second kappa shape index (κ2) is 4.01. The molecule has 0 saturated heterocycles. The number of hydrogen-bond acceptors (Lipinski definition) is 3. The molecule has 0 heterocycles. The van der Waals surface area contributed by atoms with Crippen LogP contribution in [-0.2, 0) is 14.3 Å². The second-order valence-electron chi connectivity index (χ2n) is 3.35. The average molecular weight is 172 g/mol. The zero-order valence-electron chi connectivity index (χ0n) is 7.87. The summed E-state index contributed by atoms with van der Waals surface area (Å²) >= 11 is 0. The highest BCUT2D eigenvalue weighted by Gasteiger charge is 2.37. The van der Waals surface area contributed by atoms with Crippen LogP contribution in [0, 0.1) is 11.8 Å². The molecule has 3 heteroatoms. The molecule has 0 aromatic carbocycles. The predicted molar refractivity (Wildman–Crippen MR) is 44.7 cm³/mol. The van der Waals surface area contributed by atoms with Crippen LogP contribution >= 0.6 is 0 Å². The van der Waals surface area contributed by atoms with Crippen molar-refractivity contribution in [3.63, 3.8) is 0 Å². The van der Waals surface area contributed by atoms with Gasteiger partial charge in [-0.25, -0.2) is 0 Å². The second-order valence-corrected chi connectivity index (χ2v) is 3.35. The van der Waals surface area contributed by atoms with Crippen LogP contribution in [0.25, 0.3) is 0 Å². The SMILES string of the molecule is COC(OC)C1C(=O)CCC1C. The summed E-state index contributed by atoms with van der Waals surface area (Å²) in [7, 11) is 3.15. The van der Waals surface area contributed by atoms with Crippen molar-refractivity contribution >= 4 is 5.78 Å². The van der Waals surface area contributed by atoms with Gasteiger partial charge < -0.3 is 9.47 Å². The van der Waals surface area contributed by atoms with Gasteiger partial charge in [-0.1, -0.05) is 6.92 Å². The van der Waals surface area contributed by atoms with E-state index in [0.29, 0.717) is 12.3 Å². The minimum atomic E-state index is -0.352. The number of ketones is 1. The number of Topliss-reactive ketones (excluding diaryl/α,β-unsaturated/α-hetero) is 1. The molecule has 1 fully saturated rings. The van der Waals surface area contributed by atoms with Crippen molar-refractivity contribution in [1.29, 1.82) is 0 Å². The van der Waals surface area contributed by atoms with Gasteiger partial charge in [0.15, 0.2) is 6.29 Å². The fourth-order valence-electron chi connectivity index (χ4n) is 1.84. The van der Waals surface area contributed by atoms with Crippen LogP contribution in [0.2, 0.25) is 0 Å². The first-order valence-electron chi connectivity index (χ1n) is 4.29. The molecule has 0 bridgehead atoms. The summed E-state index contributed by atoms with van der Waals surface area (Å²) in [4.78, 5) is 11.4. The first-order chi connectivity index (χ1) is 5.70. The molecule has 1 aliphatic rings. The van der Waals surface area contributed by atoms with E-state index in [0.717, 1.165) is 6.42 Å². The lowest BCUT2D eigenvalue weighted by atomic mass is 9.97. The van der Waals surface area contributed by atoms with Gasteiger partial charge in [0.2, 0.25) is 0 Å². The summed E-state index contributed by atoms with van der Waals surface area (Å²) in [6, 6.07) is 0. The third-order valence-electron chi connectivity index (χ3n) is 2.59. The molecule has 0 spiro atoms. The molecular weight excluding hydrogens is 156 g/mol. The third-order valence-corrected chi connectivity index (χ3v) is 2.59. The van der Waals surface area contributed by atoms with Crippen molar-refractivity contribution in [2.75, 3.05) is 14.2 Å². The van der Waals surface area contributed by atoms with Crippen LogP contribution in [0.1, 0.15) is 19.8 Å². The van der Waals surface area contributed by atoms with Crippen LogP contribution in [-0.4, -0.2) is 26.3 Å². The van der Waals surface area contributed by atoms with E-state index < -0.39 is 0 Å². The molecule has 2 unspecified atom stereocenters. The maximum atomic E-state index is 11.4. The molecule has 3 nitrogen and oxygen atoms in total.